The largest absolute Gasteiger partial charge is 0.326 e. The molecular weight excluding hydrogens is 241 g/mol. The van der Waals surface area contributed by atoms with E-state index >= 15 is 0 Å². The van der Waals surface area contributed by atoms with Crippen LogP contribution in [0.4, 0.5) is 16.0 Å². The summed E-state index contributed by atoms with van der Waals surface area (Å²) in [5.41, 5.74) is 0.865. The topological polar surface area (TPSA) is 29.9 Å². The summed E-state index contributed by atoms with van der Waals surface area (Å²) in [5, 5.41) is 3.26. The van der Waals surface area contributed by atoms with Crippen LogP contribution in [0.5, 0.6) is 0 Å². The number of halogens is 1. The Morgan fingerprint density at radius 3 is 2.58 bits per heavy atom. The zero-order valence-electron chi connectivity index (χ0n) is 10.8. The van der Waals surface area contributed by atoms with E-state index in [-0.39, 0.29) is 5.82 Å². The van der Waals surface area contributed by atoms with Crippen molar-refractivity contribution in [1.29, 1.82) is 0 Å². The molecule has 1 heterocycles. The second kappa shape index (κ2) is 5.43. The molecule has 0 spiro atoms. The summed E-state index contributed by atoms with van der Waals surface area (Å²) in [6.07, 6.45) is 10.2. The number of anilines is 2. The number of hydrogen-bond acceptors (Lipinski definition) is 2. The standard InChI is InChI=1S/C15H18FN3/c16-12-6-8-13(9-7-12)18-15-17-10-11-19(15)14-4-2-1-3-5-14/h6-11,14H,1-5H2,(H,17,18). The maximum absolute atomic E-state index is 12.9. The fourth-order valence-corrected chi connectivity index (χ4v) is 2.73. The number of nitrogens with zero attached hydrogens (tertiary/aromatic N) is 2. The van der Waals surface area contributed by atoms with Gasteiger partial charge in [-0.3, -0.25) is 0 Å². The third-order valence-corrected chi connectivity index (χ3v) is 3.74. The number of nitrogens with one attached hydrogen (secondary N) is 1. The van der Waals surface area contributed by atoms with Crippen LogP contribution in [0, 0.1) is 5.82 Å². The van der Waals surface area contributed by atoms with Crippen molar-refractivity contribution in [2.75, 3.05) is 5.32 Å². The number of aromatic nitrogens is 2. The van der Waals surface area contributed by atoms with Crippen LogP contribution < -0.4 is 5.32 Å². The fourth-order valence-electron chi connectivity index (χ4n) is 2.73. The third kappa shape index (κ3) is 2.78. The molecule has 1 aliphatic carbocycles. The molecule has 1 N–H and O–H groups in total. The third-order valence-electron chi connectivity index (χ3n) is 3.74. The Kier molecular flexibility index (Phi) is 3.49. The minimum Gasteiger partial charge on any atom is -0.326 e. The quantitative estimate of drug-likeness (QED) is 0.892. The van der Waals surface area contributed by atoms with Gasteiger partial charge in [-0.2, -0.15) is 0 Å². The summed E-state index contributed by atoms with van der Waals surface area (Å²) in [7, 11) is 0. The average molecular weight is 259 g/mol. The fraction of sp³-hybridized carbons (Fsp3) is 0.400. The molecule has 0 aliphatic heterocycles. The Balaban J connectivity index is 1.77. The Morgan fingerprint density at radius 2 is 1.84 bits per heavy atom. The number of imidazole rings is 1. The molecule has 100 valence electrons. The molecule has 3 nitrogen and oxygen atoms in total. The van der Waals surface area contributed by atoms with E-state index in [2.05, 4.69) is 14.9 Å². The molecule has 0 bridgehead atoms. The van der Waals surface area contributed by atoms with Gasteiger partial charge in [0, 0.05) is 24.1 Å². The summed E-state index contributed by atoms with van der Waals surface area (Å²) < 4.78 is 15.1. The lowest BCUT2D eigenvalue weighted by atomic mass is 9.95. The van der Waals surface area contributed by atoms with Crippen LogP contribution in [0.3, 0.4) is 0 Å². The van der Waals surface area contributed by atoms with Gasteiger partial charge in [0.15, 0.2) is 0 Å². The molecule has 4 heteroatoms. The van der Waals surface area contributed by atoms with Crippen molar-refractivity contribution in [2.24, 2.45) is 0 Å². The van der Waals surface area contributed by atoms with Crippen molar-refractivity contribution >= 4 is 11.6 Å². The maximum Gasteiger partial charge on any atom is 0.207 e. The lowest BCUT2D eigenvalue weighted by Crippen LogP contribution is -2.14. The van der Waals surface area contributed by atoms with E-state index < -0.39 is 0 Å². The second-order valence-corrected chi connectivity index (χ2v) is 5.08. The van der Waals surface area contributed by atoms with Crippen molar-refractivity contribution in [2.45, 2.75) is 38.1 Å². The smallest absolute Gasteiger partial charge is 0.207 e. The van der Waals surface area contributed by atoms with Gasteiger partial charge in [-0.25, -0.2) is 9.37 Å². The first kappa shape index (κ1) is 12.2. The summed E-state index contributed by atoms with van der Waals surface area (Å²) >= 11 is 0. The predicted molar refractivity (Wildman–Crippen MR) is 74.0 cm³/mol. The number of hydrogen-bond donors (Lipinski definition) is 1. The summed E-state index contributed by atoms with van der Waals surface area (Å²) in [5.74, 6) is 0.625. The van der Waals surface area contributed by atoms with E-state index in [4.69, 9.17) is 0 Å². The van der Waals surface area contributed by atoms with Crippen molar-refractivity contribution < 1.29 is 4.39 Å². The molecule has 1 aliphatic rings. The molecule has 19 heavy (non-hydrogen) atoms. The van der Waals surface area contributed by atoms with Crippen LogP contribution in [0.15, 0.2) is 36.7 Å². The molecule has 1 aromatic carbocycles. The average Bonchev–Trinajstić information content (AvgIpc) is 2.90. The zero-order valence-corrected chi connectivity index (χ0v) is 10.8. The van der Waals surface area contributed by atoms with E-state index in [1.54, 1.807) is 12.1 Å². The molecule has 2 aromatic rings. The highest BCUT2D eigenvalue weighted by Crippen LogP contribution is 2.30. The Hall–Kier alpha value is -1.84. The first-order valence-electron chi connectivity index (χ1n) is 6.88. The molecule has 0 radical (unpaired) electrons. The highest BCUT2D eigenvalue weighted by atomic mass is 19.1. The first-order chi connectivity index (χ1) is 9.33. The summed E-state index contributed by atoms with van der Waals surface area (Å²) in [6.45, 7) is 0. The van der Waals surface area contributed by atoms with Crippen LogP contribution in [0.2, 0.25) is 0 Å². The molecule has 1 fully saturated rings. The highest BCUT2D eigenvalue weighted by molar-refractivity contribution is 5.53. The minimum absolute atomic E-state index is 0.221. The molecule has 0 saturated heterocycles. The monoisotopic (exact) mass is 259 g/mol. The molecule has 0 atom stereocenters. The Morgan fingerprint density at radius 1 is 1.11 bits per heavy atom. The van der Waals surface area contributed by atoms with Crippen LogP contribution >= 0.6 is 0 Å². The van der Waals surface area contributed by atoms with Gasteiger partial charge >= 0.3 is 0 Å². The van der Waals surface area contributed by atoms with E-state index in [1.807, 2.05) is 12.4 Å². The predicted octanol–water partition coefficient (Wildman–Crippen LogP) is 4.27. The van der Waals surface area contributed by atoms with Gasteiger partial charge < -0.3 is 9.88 Å². The van der Waals surface area contributed by atoms with Gasteiger partial charge in [-0.1, -0.05) is 19.3 Å². The van der Waals surface area contributed by atoms with Gasteiger partial charge in [0.25, 0.3) is 0 Å². The Bertz CT molecular complexity index is 527. The minimum atomic E-state index is -0.221. The zero-order chi connectivity index (χ0) is 13.1. The normalized spacial score (nSPS) is 16.5. The van der Waals surface area contributed by atoms with Crippen molar-refractivity contribution in [3.8, 4) is 0 Å². The van der Waals surface area contributed by atoms with Crippen LogP contribution in [0.1, 0.15) is 38.1 Å². The van der Waals surface area contributed by atoms with Crippen LogP contribution in [0.25, 0.3) is 0 Å². The lowest BCUT2D eigenvalue weighted by molar-refractivity contribution is 0.356. The van der Waals surface area contributed by atoms with E-state index in [0.717, 1.165) is 11.6 Å². The number of benzene rings is 1. The lowest BCUT2D eigenvalue weighted by Gasteiger charge is -2.24. The van der Waals surface area contributed by atoms with Gasteiger partial charge in [0.05, 0.1) is 0 Å². The van der Waals surface area contributed by atoms with Gasteiger partial charge in [0.2, 0.25) is 5.95 Å². The van der Waals surface area contributed by atoms with Gasteiger partial charge in [-0.15, -0.1) is 0 Å². The second-order valence-electron chi connectivity index (χ2n) is 5.08. The summed E-state index contributed by atoms with van der Waals surface area (Å²) in [6, 6.07) is 6.91. The van der Waals surface area contributed by atoms with Crippen molar-refractivity contribution in [1.82, 2.24) is 9.55 Å². The van der Waals surface area contributed by atoms with Crippen LogP contribution in [-0.2, 0) is 0 Å². The van der Waals surface area contributed by atoms with Crippen molar-refractivity contribution in [3.05, 3.63) is 42.5 Å². The Labute approximate surface area is 112 Å². The van der Waals surface area contributed by atoms with E-state index in [0.29, 0.717) is 6.04 Å². The molecular formula is C15H18FN3. The van der Waals surface area contributed by atoms with E-state index in [1.165, 1.54) is 44.2 Å². The highest BCUT2D eigenvalue weighted by Gasteiger charge is 2.17. The summed E-state index contributed by atoms with van der Waals surface area (Å²) in [4.78, 5) is 4.37. The number of rotatable bonds is 3. The van der Waals surface area contributed by atoms with Gasteiger partial charge in [0.1, 0.15) is 5.82 Å². The maximum atomic E-state index is 12.9. The molecule has 3 rings (SSSR count). The molecule has 0 amide bonds. The SMILES string of the molecule is Fc1ccc(Nc2nccn2C2CCCCC2)cc1. The first-order valence-corrected chi connectivity index (χ1v) is 6.88. The molecule has 1 saturated carbocycles. The molecule has 1 aromatic heterocycles. The van der Waals surface area contributed by atoms with E-state index in [9.17, 15) is 4.39 Å². The van der Waals surface area contributed by atoms with Crippen molar-refractivity contribution in [3.63, 3.8) is 0 Å². The van der Waals surface area contributed by atoms with Crippen LogP contribution in [-0.4, -0.2) is 9.55 Å². The molecule has 0 unspecified atom stereocenters. The van der Waals surface area contributed by atoms with Gasteiger partial charge in [-0.05, 0) is 37.1 Å².